The molecule has 0 spiro atoms. The second kappa shape index (κ2) is 6.88. The van der Waals surface area contributed by atoms with E-state index in [9.17, 15) is 9.59 Å². The van der Waals surface area contributed by atoms with Crippen LogP contribution in [0.5, 0.6) is 0 Å². The Labute approximate surface area is 133 Å². The Morgan fingerprint density at radius 1 is 1.23 bits per heavy atom. The Hall–Kier alpha value is -2.64. The monoisotopic (exact) mass is 312 g/mol. The smallest absolute Gasteiger partial charge is 0.274 e. The Balaban J connectivity index is 2.19. The highest BCUT2D eigenvalue weighted by Crippen LogP contribution is 2.21. The second-order valence-corrected chi connectivity index (χ2v) is 4.92. The van der Waals surface area contributed by atoms with E-state index in [-0.39, 0.29) is 17.4 Å². The van der Waals surface area contributed by atoms with Crippen molar-refractivity contribution in [3.8, 4) is 11.8 Å². The number of rotatable bonds is 3. The molecule has 0 aliphatic carbocycles. The molecule has 1 aromatic heterocycles. The van der Waals surface area contributed by atoms with Crippen molar-refractivity contribution in [2.75, 3.05) is 5.32 Å². The first-order valence-electron chi connectivity index (χ1n) is 6.52. The fourth-order valence-electron chi connectivity index (χ4n) is 1.81. The summed E-state index contributed by atoms with van der Waals surface area (Å²) in [6.07, 6.45) is 1.54. The molecule has 2 rings (SSSR count). The predicted octanol–water partition coefficient (Wildman–Crippen LogP) is 3.56. The number of carbonyl (C=O) groups is 2. The zero-order chi connectivity index (χ0) is 16.1. The van der Waals surface area contributed by atoms with Crippen molar-refractivity contribution in [2.24, 2.45) is 0 Å². The van der Waals surface area contributed by atoms with Gasteiger partial charge in [-0.15, -0.1) is 5.92 Å². The van der Waals surface area contributed by atoms with E-state index in [4.69, 9.17) is 11.6 Å². The van der Waals surface area contributed by atoms with Gasteiger partial charge in [-0.1, -0.05) is 17.5 Å². The summed E-state index contributed by atoms with van der Waals surface area (Å²) >= 11 is 5.93. The number of ketones is 1. The quantitative estimate of drug-likeness (QED) is 0.696. The summed E-state index contributed by atoms with van der Waals surface area (Å²) in [5, 5.41) is 3.04. The van der Waals surface area contributed by atoms with Crippen molar-refractivity contribution in [2.45, 2.75) is 13.8 Å². The first-order chi connectivity index (χ1) is 10.5. The van der Waals surface area contributed by atoms with E-state index in [1.807, 2.05) is 0 Å². The highest BCUT2D eigenvalue weighted by Gasteiger charge is 2.11. The summed E-state index contributed by atoms with van der Waals surface area (Å²) in [4.78, 5) is 27.6. The highest BCUT2D eigenvalue weighted by molar-refractivity contribution is 6.34. The lowest BCUT2D eigenvalue weighted by atomic mass is 10.1. The average Bonchev–Trinajstić information content (AvgIpc) is 2.50. The van der Waals surface area contributed by atoms with E-state index < -0.39 is 0 Å². The maximum absolute atomic E-state index is 12.1. The maximum Gasteiger partial charge on any atom is 0.274 e. The maximum atomic E-state index is 12.1. The largest absolute Gasteiger partial charge is 0.321 e. The van der Waals surface area contributed by atoms with Crippen LogP contribution in [0.4, 0.5) is 5.69 Å². The van der Waals surface area contributed by atoms with Crippen LogP contribution in [0.3, 0.4) is 0 Å². The van der Waals surface area contributed by atoms with Gasteiger partial charge >= 0.3 is 0 Å². The minimum Gasteiger partial charge on any atom is -0.321 e. The molecule has 1 amide bonds. The van der Waals surface area contributed by atoms with Crippen molar-refractivity contribution in [1.29, 1.82) is 0 Å². The number of hydrogen-bond acceptors (Lipinski definition) is 3. The first kappa shape index (κ1) is 15.7. The van der Waals surface area contributed by atoms with Gasteiger partial charge in [0.05, 0.1) is 5.02 Å². The van der Waals surface area contributed by atoms with Gasteiger partial charge in [0.25, 0.3) is 5.91 Å². The van der Waals surface area contributed by atoms with E-state index in [0.717, 1.165) is 5.56 Å². The Bertz CT molecular complexity index is 787. The van der Waals surface area contributed by atoms with Crippen LogP contribution in [0.1, 0.15) is 40.3 Å². The Kier molecular flexibility index (Phi) is 4.92. The molecular weight excluding hydrogens is 300 g/mol. The normalized spacial score (nSPS) is 9.59. The van der Waals surface area contributed by atoms with Crippen molar-refractivity contribution < 1.29 is 9.59 Å². The molecule has 0 fully saturated rings. The molecule has 0 radical (unpaired) electrons. The lowest BCUT2D eigenvalue weighted by Gasteiger charge is -2.07. The van der Waals surface area contributed by atoms with Crippen LogP contribution >= 0.6 is 11.6 Å². The lowest BCUT2D eigenvalue weighted by Crippen LogP contribution is -2.14. The molecule has 1 heterocycles. The molecule has 1 aromatic carbocycles. The summed E-state index contributed by atoms with van der Waals surface area (Å²) in [5.41, 5.74) is 1.85. The fraction of sp³-hybridized carbons (Fsp3) is 0.118. The Morgan fingerprint density at radius 2 is 2.00 bits per heavy atom. The van der Waals surface area contributed by atoms with Crippen molar-refractivity contribution in [1.82, 2.24) is 4.98 Å². The number of pyridine rings is 1. The highest BCUT2D eigenvalue weighted by atomic mass is 35.5. The molecule has 2 aromatic rings. The van der Waals surface area contributed by atoms with E-state index >= 15 is 0 Å². The van der Waals surface area contributed by atoms with Gasteiger partial charge in [0.1, 0.15) is 5.69 Å². The molecule has 0 unspecified atom stereocenters. The van der Waals surface area contributed by atoms with Gasteiger partial charge in [-0.25, -0.2) is 4.98 Å². The molecule has 22 heavy (non-hydrogen) atoms. The van der Waals surface area contributed by atoms with Crippen molar-refractivity contribution >= 4 is 29.0 Å². The summed E-state index contributed by atoms with van der Waals surface area (Å²) < 4.78 is 0. The van der Waals surface area contributed by atoms with Crippen LogP contribution in [-0.2, 0) is 0 Å². The standard InChI is InChI=1S/C17H13ClN2O2/c1-3-4-12-5-8-16(19-10-12)17(22)20-13-6-7-15(18)14(9-13)11(2)21/h5-10H,1-2H3,(H,20,22). The molecular formula is C17H13ClN2O2. The van der Waals surface area contributed by atoms with Gasteiger partial charge in [-0.3, -0.25) is 9.59 Å². The number of nitrogens with zero attached hydrogens (tertiary/aromatic N) is 1. The number of benzene rings is 1. The molecule has 4 nitrogen and oxygen atoms in total. The number of Topliss-reactive ketones (excluding diaryl/α,β-unsaturated/α-hetero) is 1. The number of carbonyl (C=O) groups excluding carboxylic acids is 2. The zero-order valence-electron chi connectivity index (χ0n) is 12.1. The average molecular weight is 313 g/mol. The third-order valence-electron chi connectivity index (χ3n) is 2.87. The number of amides is 1. The SMILES string of the molecule is CC#Cc1ccc(C(=O)Nc2ccc(Cl)c(C(C)=O)c2)nc1. The van der Waals surface area contributed by atoms with Crippen LogP contribution in [0.2, 0.25) is 5.02 Å². The molecule has 5 heteroatoms. The third-order valence-corrected chi connectivity index (χ3v) is 3.20. The molecule has 0 bridgehead atoms. The van der Waals surface area contributed by atoms with Crippen LogP contribution in [0.15, 0.2) is 36.5 Å². The molecule has 110 valence electrons. The number of anilines is 1. The third kappa shape index (κ3) is 3.72. The summed E-state index contributed by atoms with van der Waals surface area (Å²) in [6, 6.07) is 8.06. The molecule has 0 atom stereocenters. The molecule has 0 aliphatic heterocycles. The van der Waals surface area contributed by atoms with Crippen molar-refractivity contribution in [3.63, 3.8) is 0 Å². The van der Waals surface area contributed by atoms with E-state index in [1.165, 1.54) is 13.1 Å². The minimum atomic E-state index is -0.368. The van der Waals surface area contributed by atoms with Gasteiger partial charge in [0.15, 0.2) is 5.78 Å². The number of aromatic nitrogens is 1. The van der Waals surface area contributed by atoms with Crippen LogP contribution in [0, 0.1) is 11.8 Å². The number of halogens is 1. The van der Waals surface area contributed by atoms with Gasteiger partial charge in [0, 0.05) is 23.0 Å². The van der Waals surface area contributed by atoms with E-state index in [2.05, 4.69) is 22.1 Å². The Morgan fingerprint density at radius 3 is 2.59 bits per heavy atom. The second-order valence-electron chi connectivity index (χ2n) is 4.51. The molecule has 0 aliphatic rings. The molecule has 0 saturated heterocycles. The van der Waals surface area contributed by atoms with Crippen LogP contribution in [0.25, 0.3) is 0 Å². The lowest BCUT2D eigenvalue weighted by molar-refractivity contribution is 0.100. The van der Waals surface area contributed by atoms with Crippen molar-refractivity contribution in [3.05, 3.63) is 58.4 Å². The first-order valence-corrected chi connectivity index (χ1v) is 6.89. The molecule has 1 N–H and O–H groups in total. The van der Waals surface area contributed by atoms with E-state index in [1.54, 1.807) is 37.3 Å². The van der Waals surface area contributed by atoms with E-state index in [0.29, 0.717) is 16.3 Å². The van der Waals surface area contributed by atoms with Gasteiger partial charge in [0.2, 0.25) is 0 Å². The van der Waals surface area contributed by atoms with Crippen LogP contribution in [-0.4, -0.2) is 16.7 Å². The topological polar surface area (TPSA) is 59.1 Å². The van der Waals surface area contributed by atoms with Gasteiger partial charge in [-0.05, 0) is 44.2 Å². The van der Waals surface area contributed by atoms with Gasteiger partial charge in [-0.2, -0.15) is 0 Å². The fourth-order valence-corrected chi connectivity index (χ4v) is 2.07. The minimum absolute atomic E-state index is 0.165. The number of hydrogen-bond donors (Lipinski definition) is 1. The summed E-state index contributed by atoms with van der Waals surface area (Å²) in [6.45, 7) is 3.15. The summed E-state index contributed by atoms with van der Waals surface area (Å²) in [5.74, 6) is 5.08. The number of nitrogens with one attached hydrogen (secondary N) is 1. The molecule has 0 saturated carbocycles. The van der Waals surface area contributed by atoms with Gasteiger partial charge < -0.3 is 5.32 Å². The predicted molar refractivity (Wildman–Crippen MR) is 86.2 cm³/mol. The summed E-state index contributed by atoms with van der Waals surface area (Å²) in [7, 11) is 0. The van der Waals surface area contributed by atoms with Crippen LogP contribution < -0.4 is 5.32 Å². The zero-order valence-corrected chi connectivity index (χ0v) is 12.9.